The third-order valence-electron chi connectivity index (χ3n) is 5.62. The third kappa shape index (κ3) is 12.4. The number of unbranched alkanes of at least 4 members (excludes halogenated alkanes) is 9. The van der Waals surface area contributed by atoms with Gasteiger partial charge in [-0.05, 0) is 26.2 Å². The predicted octanol–water partition coefficient (Wildman–Crippen LogP) is 5.00. The molecule has 0 aromatic carbocycles. The van der Waals surface area contributed by atoms with Gasteiger partial charge in [0.1, 0.15) is 9.84 Å². The fraction of sp³-hybridized carbons (Fsp3) is 0.950. The maximum absolute atomic E-state index is 11.9. The first kappa shape index (κ1) is 27.6. The number of hydrogen-bond donors (Lipinski definition) is 2. The number of carboxylic acid groups (broad SMARTS) is 1. The monoisotopic (exact) mass is 470 g/mol. The molecule has 8 nitrogen and oxygen atoms in total. The van der Waals surface area contributed by atoms with Gasteiger partial charge >= 0.3 is 13.3 Å². The normalized spacial score (nSPS) is 21.1. The Bertz CT molecular complexity index is 637. The second kappa shape index (κ2) is 14.6. The Morgan fingerprint density at radius 1 is 0.967 bits per heavy atom. The topological polar surface area (TPSA) is 127 Å². The molecule has 2 N–H and O–H groups in total. The minimum absolute atomic E-state index is 0.00756. The van der Waals surface area contributed by atoms with Crippen LogP contribution < -0.4 is 0 Å². The maximum atomic E-state index is 11.9. The molecule has 1 fully saturated rings. The summed E-state index contributed by atoms with van der Waals surface area (Å²) >= 11 is 0. The van der Waals surface area contributed by atoms with Crippen LogP contribution in [0.4, 0.5) is 4.79 Å². The largest absolute Gasteiger partial charge is 0.472 e. The van der Waals surface area contributed by atoms with Crippen molar-refractivity contribution in [2.45, 2.75) is 90.1 Å². The zero-order valence-electron chi connectivity index (χ0n) is 18.2. The lowest BCUT2D eigenvalue weighted by Crippen LogP contribution is -2.36. The summed E-state index contributed by atoms with van der Waals surface area (Å²) in [6.07, 6.45) is 13.0. The molecule has 1 rings (SSSR count). The van der Waals surface area contributed by atoms with Gasteiger partial charge in [0.05, 0.1) is 30.8 Å². The lowest BCUT2D eigenvalue weighted by molar-refractivity contribution is -0.106. The van der Waals surface area contributed by atoms with Crippen molar-refractivity contribution in [2.24, 2.45) is 5.92 Å². The van der Waals surface area contributed by atoms with Gasteiger partial charge in [0, 0.05) is 5.92 Å². The molecule has 10 heteroatoms. The zero-order valence-corrected chi connectivity index (χ0v) is 19.9. The Morgan fingerprint density at radius 2 is 1.47 bits per heavy atom. The Balaban J connectivity index is 1.88. The average molecular weight is 471 g/mol. The minimum Gasteiger partial charge on any atom is -0.472 e. The highest BCUT2D eigenvalue weighted by Crippen LogP contribution is 2.42. The molecule has 3 unspecified atom stereocenters. The molecule has 0 bridgehead atoms. The molecule has 178 valence electrons. The van der Waals surface area contributed by atoms with Crippen LogP contribution in [0, 0.1) is 5.92 Å². The molecule has 0 spiro atoms. The molecule has 0 aliphatic carbocycles. The van der Waals surface area contributed by atoms with E-state index in [1.54, 1.807) is 0 Å². The van der Waals surface area contributed by atoms with Crippen molar-refractivity contribution in [3.05, 3.63) is 0 Å². The minimum atomic E-state index is -4.68. The molecule has 0 radical (unpaired) electrons. The predicted molar refractivity (Wildman–Crippen MR) is 117 cm³/mol. The molecule has 0 amide bonds. The fourth-order valence-electron chi connectivity index (χ4n) is 3.51. The highest BCUT2D eigenvalue weighted by atomic mass is 32.2. The summed E-state index contributed by atoms with van der Waals surface area (Å²) in [6.45, 7) is 2.73. The van der Waals surface area contributed by atoms with E-state index >= 15 is 0 Å². The van der Waals surface area contributed by atoms with Gasteiger partial charge in [-0.25, -0.2) is 17.8 Å². The zero-order chi connectivity index (χ0) is 22.5. The lowest BCUT2D eigenvalue weighted by atomic mass is 9.92. The molecule has 30 heavy (non-hydrogen) atoms. The Kier molecular flexibility index (Phi) is 13.4. The fourth-order valence-corrected chi connectivity index (χ4v) is 5.40. The van der Waals surface area contributed by atoms with Gasteiger partial charge in [0.15, 0.2) is 0 Å². The molecule has 1 saturated heterocycles. The van der Waals surface area contributed by atoms with Gasteiger partial charge in [-0.1, -0.05) is 57.8 Å². The first-order chi connectivity index (χ1) is 14.1. The highest BCUT2D eigenvalue weighted by molar-refractivity contribution is 7.91. The van der Waals surface area contributed by atoms with Gasteiger partial charge in [0.2, 0.25) is 0 Å². The van der Waals surface area contributed by atoms with Crippen LogP contribution in [-0.4, -0.2) is 55.0 Å². The van der Waals surface area contributed by atoms with E-state index in [2.05, 4.69) is 11.4 Å². The van der Waals surface area contributed by atoms with Crippen molar-refractivity contribution in [1.82, 2.24) is 0 Å². The van der Waals surface area contributed by atoms with E-state index in [4.69, 9.17) is 14.7 Å². The molecule has 0 aromatic rings. The molecule has 1 heterocycles. The molecular formula is C20H39O8PS. The van der Waals surface area contributed by atoms with Crippen LogP contribution in [0.2, 0.25) is 0 Å². The maximum Gasteiger partial charge on any atom is 0.435 e. The van der Waals surface area contributed by atoms with E-state index in [1.807, 2.05) is 0 Å². The molecule has 1 aliphatic rings. The summed E-state index contributed by atoms with van der Waals surface area (Å²) in [5.74, 6) is 0.699. The highest BCUT2D eigenvalue weighted by Gasteiger charge is 2.30. The van der Waals surface area contributed by atoms with Crippen molar-refractivity contribution < 1.29 is 37.0 Å². The molecular weight excluding hydrogens is 431 g/mol. The van der Waals surface area contributed by atoms with Gasteiger partial charge < -0.3 is 19.3 Å². The third-order valence-corrected chi connectivity index (χ3v) is 8.46. The smallest absolute Gasteiger partial charge is 0.435 e. The van der Waals surface area contributed by atoms with Gasteiger partial charge in [-0.15, -0.1) is 0 Å². The van der Waals surface area contributed by atoms with E-state index in [0.29, 0.717) is 12.5 Å². The number of carbonyl (C=O) groups is 1. The Labute approximate surface area is 181 Å². The van der Waals surface area contributed by atoms with Crippen LogP contribution in [0.5, 0.6) is 0 Å². The van der Waals surface area contributed by atoms with Crippen molar-refractivity contribution in [3.8, 4) is 0 Å². The van der Waals surface area contributed by atoms with Gasteiger partial charge in [-0.2, -0.15) is 0 Å². The van der Waals surface area contributed by atoms with Crippen molar-refractivity contribution in [2.75, 3.05) is 24.7 Å². The van der Waals surface area contributed by atoms with Crippen LogP contribution in [0.1, 0.15) is 84.0 Å². The van der Waals surface area contributed by atoms with Gasteiger partial charge in [-0.3, -0.25) is 0 Å². The second-order valence-corrected chi connectivity index (χ2v) is 12.2. The molecule has 0 aromatic heterocycles. The van der Waals surface area contributed by atoms with E-state index in [-0.39, 0.29) is 24.5 Å². The summed E-state index contributed by atoms with van der Waals surface area (Å²) in [7, 11) is -7.93. The number of ether oxygens (including phenoxy) is 1. The lowest BCUT2D eigenvalue weighted by Gasteiger charge is -2.34. The first-order valence-electron chi connectivity index (χ1n) is 11.2. The van der Waals surface area contributed by atoms with Crippen LogP contribution in [-0.2, 0) is 23.7 Å². The van der Waals surface area contributed by atoms with E-state index in [0.717, 1.165) is 31.8 Å². The first-order valence-corrected chi connectivity index (χ1v) is 14.6. The van der Waals surface area contributed by atoms with E-state index in [1.165, 1.54) is 44.9 Å². The molecule has 3 atom stereocenters. The van der Waals surface area contributed by atoms with Crippen LogP contribution >= 0.6 is 7.60 Å². The summed E-state index contributed by atoms with van der Waals surface area (Å²) in [5, 5.41) is 8.45. The number of hydrogen-bond acceptors (Lipinski definition) is 6. The number of rotatable bonds is 19. The van der Waals surface area contributed by atoms with Crippen LogP contribution in [0.25, 0.3) is 0 Å². The van der Waals surface area contributed by atoms with E-state index in [9.17, 15) is 17.8 Å². The van der Waals surface area contributed by atoms with Crippen molar-refractivity contribution >= 4 is 23.1 Å². The summed E-state index contributed by atoms with van der Waals surface area (Å²) in [5.41, 5.74) is -1.93. The average Bonchev–Trinajstić information content (AvgIpc) is 2.67. The van der Waals surface area contributed by atoms with E-state index < -0.39 is 23.1 Å². The second-order valence-electron chi connectivity index (χ2n) is 8.26. The molecule has 0 saturated carbocycles. The van der Waals surface area contributed by atoms with Crippen molar-refractivity contribution in [1.29, 1.82) is 0 Å². The number of sulfone groups is 1. The quantitative estimate of drug-likeness (QED) is 0.199. The molecule has 1 aliphatic heterocycles. The van der Waals surface area contributed by atoms with Crippen LogP contribution in [0.3, 0.4) is 0 Å². The summed E-state index contributed by atoms with van der Waals surface area (Å²) in [6, 6.07) is 0. The SMILES string of the molecule is CC1OCC1CCCCCCCCCCCCS(=O)(=O)CCCOP(=O)(O)C(=O)O. The summed E-state index contributed by atoms with van der Waals surface area (Å²) in [4.78, 5) is 19.4. The Morgan fingerprint density at radius 3 is 1.93 bits per heavy atom. The van der Waals surface area contributed by atoms with Crippen molar-refractivity contribution in [3.63, 3.8) is 0 Å². The van der Waals surface area contributed by atoms with Crippen LogP contribution in [0.15, 0.2) is 0 Å². The summed E-state index contributed by atoms with van der Waals surface area (Å²) < 4.78 is 44.6. The van der Waals surface area contributed by atoms with Gasteiger partial charge in [0.25, 0.3) is 0 Å². The Hall–Kier alpha value is -0.470. The standard InChI is InChI=1S/C20H39O8PS/c1-18-19(17-27-18)13-10-8-6-4-2-3-5-7-9-11-15-30(25,26)16-12-14-28-29(23,24)20(21)22/h18-19H,2-17H2,1H3,(H,21,22)(H,23,24).